The Kier molecular flexibility index (Phi) is 5.39. The first kappa shape index (κ1) is 18.3. The molecule has 0 spiro atoms. The quantitative estimate of drug-likeness (QED) is 0.744. The minimum absolute atomic E-state index is 0.121. The van der Waals surface area contributed by atoms with Gasteiger partial charge in [0, 0.05) is 49.9 Å². The van der Waals surface area contributed by atoms with Crippen molar-refractivity contribution in [1.29, 1.82) is 0 Å². The fraction of sp³-hybridized carbons (Fsp3) is 0.273. The van der Waals surface area contributed by atoms with Crippen molar-refractivity contribution in [3.8, 4) is 22.7 Å². The van der Waals surface area contributed by atoms with Crippen LogP contribution in [-0.4, -0.2) is 47.3 Å². The predicted molar refractivity (Wildman–Crippen MR) is 108 cm³/mol. The number of benzene rings is 2. The number of rotatable bonds is 5. The fourth-order valence-electron chi connectivity index (χ4n) is 3.46. The maximum atomic E-state index is 11.7. The van der Waals surface area contributed by atoms with Gasteiger partial charge in [-0.1, -0.05) is 30.3 Å². The summed E-state index contributed by atoms with van der Waals surface area (Å²) >= 11 is 0. The lowest BCUT2D eigenvalue weighted by molar-refractivity contribution is -0.120. The van der Waals surface area contributed by atoms with Crippen LogP contribution in [0.2, 0.25) is 0 Å². The van der Waals surface area contributed by atoms with Crippen molar-refractivity contribution < 1.29 is 9.53 Å². The van der Waals surface area contributed by atoms with Gasteiger partial charge in [0.2, 0.25) is 5.91 Å². The number of methoxy groups -OCH3 is 1. The van der Waals surface area contributed by atoms with Crippen LogP contribution < -0.4 is 10.1 Å². The zero-order valence-corrected chi connectivity index (χ0v) is 16.0. The van der Waals surface area contributed by atoms with Crippen LogP contribution >= 0.6 is 0 Å². The highest BCUT2D eigenvalue weighted by Crippen LogP contribution is 2.28. The zero-order valence-electron chi connectivity index (χ0n) is 16.0. The van der Waals surface area contributed by atoms with Gasteiger partial charge in [0.25, 0.3) is 0 Å². The van der Waals surface area contributed by atoms with Crippen LogP contribution in [0.5, 0.6) is 5.75 Å². The Hall–Kier alpha value is -3.12. The number of aromatic nitrogens is 2. The Balaban J connectivity index is 1.70. The summed E-state index contributed by atoms with van der Waals surface area (Å²) in [5.74, 6) is 0.929. The standard InChI is InChI=1S/C22H24N4O2/c1-28-20-9-5-6-17(14-20)22-18(15-25-12-10-21(27)23-11-13-25)16-26(24-22)19-7-3-2-4-8-19/h2-9,14,16H,10-13,15H2,1H3,(H,23,27). The summed E-state index contributed by atoms with van der Waals surface area (Å²) in [5.41, 5.74) is 4.11. The third-order valence-corrected chi connectivity index (χ3v) is 4.95. The summed E-state index contributed by atoms with van der Waals surface area (Å²) in [5, 5.41) is 7.82. The molecule has 0 bridgehead atoms. The molecule has 1 N–H and O–H groups in total. The molecule has 1 amide bonds. The van der Waals surface area contributed by atoms with Crippen LogP contribution in [0.1, 0.15) is 12.0 Å². The molecular weight excluding hydrogens is 352 g/mol. The second-order valence-corrected chi connectivity index (χ2v) is 6.89. The van der Waals surface area contributed by atoms with E-state index in [1.807, 2.05) is 53.2 Å². The molecule has 3 aromatic rings. The molecule has 2 aromatic carbocycles. The summed E-state index contributed by atoms with van der Waals surface area (Å²) in [6.07, 6.45) is 2.62. The van der Waals surface area contributed by atoms with Gasteiger partial charge < -0.3 is 10.1 Å². The van der Waals surface area contributed by atoms with E-state index in [0.29, 0.717) is 13.0 Å². The number of carbonyl (C=O) groups is 1. The van der Waals surface area contributed by atoms with Crippen molar-refractivity contribution in [2.45, 2.75) is 13.0 Å². The third-order valence-electron chi connectivity index (χ3n) is 4.95. The molecule has 4 rings (SSSR count). The number of ether oxygens (including phenoxy) is 1. The largest absolute Gasteiger partial charge is 0.497 e. The van der Waals surface area contributed by atoms with Gasteiger partial charge in [-0.2, -0.15) is 5.10 Å². The van der Waals surface area contributed by atoms with Gasteiger partial charge in [-0.25, -0.2) is 4.68 Å². The van der Waals surface area contributed by atoms with Crippen LogP contribution in [-0.2, 0) is 11.3 Å². The number of nitrogens with zero attached hydrogens (tertiary/aromatic N) is 3. The molecule has 1 aliphatic heterocycles. The Labute approximate surface area is 164 Å². The molecule has 1 fully saturated rings. The van der Waals surface area contributed by atoms with E-state index in [2.05, 4.69) is 22.5 Å². The molecule has 1 aliphatic rings. The zero-order chi connectivity index (χ0) is 19.3. The monoisotopic (exact) mass is 376 g/mol. The lowest BCUT2D eigenvalue weighted by Crippen LogP contribution is -2.28. The number of para-hydroxylation sites is 1. The van der Waals surface area contributed by atoms with Gasteiger partial charge in [-0.05, 0) is 24.3 Å². The highest BCUT2D eigenvalue weighted by atomic mass is 16.5. The number of hydrogen-bond donors (Lipinski definition) is 1. The molecule has 28 heavy (non-hydrogen) atoms. The summed E-state index contributed by atoms with van der Waals surface area (Å²) in [4.78, 5) is 14.0. The van der Waals surface area contributed by atoms with Gasteiger partial charge in [-0.15, -0.1) is 0 Å². The molecule has 1 saturated heterocycles. The van der Waals surface area contributed by atoms with E-state index >= 15 is 0 Å². The maximum Gasteiger partial charge on any atom is 0.221 e. The Morgan fingerprint density at radius 3 is 2.79 bits per heavy atom. The smallest absolute Gasteiger partial charge is 0.221 e. The van der Waals surface area contributed by atoms with Crippen LogP contribution in [0, 0.1) is 0 Å². The van der Waals surface area contributed by atoms with E-state index in [1.54, 1.807) is 7.11 Å². The van der Waals surface area contributed by atoms with Crippen molar-refractivity contribution in [1.82, 2.24) is 20.0 Å². The van der Waals surface area contributed by atoms with Gasteiger partial charge in [-0.3, -0.25) is 9.69 Å². The Morgan fingerprint density at radius 2 is 1.96 bits per heavy atom. The summed E-state index contributed by atoms with van der Waals surface area (Å²) in [7, 11) is 1.67. The second kappa shape index (κ2) is 8.27. The molecular formula is C22H24N4O2. The highest BCUT2D eigenvalue weighted by molar-refractivity contribution is 5.76. The topological polar surface area (TPSA) is 59.4 Å². The molecule has 0 radical (unpaired) electrons. The average molecular weight is 376 g/mol. The van der Waals surface area contributed by atoms with Gasteiger partial charge >= 0.3 is 0 Å². The highest BCUT2D eigenvalue weighted by Gasteiger charge is 2.18. The number of hydrogen-bond acceptors (Lipinski definition) is 4. The molecule has 0 aliphatic carbocycles. The van der Waals surface area contributed by atoms with E-state index in [9.17, 15) is 4.79 Å². The van der Waals surface area contributed by atoms with Crippen molar-refractivity contribution in [2.75, 3.05) is 26.7 Å². The van der Waals surface area contributed by atoms with E-state index < -0.39 is 0 Å². The molecule has 0 atom stereocenters. The molecule has 6 heteroatoms. The van der Waals surface area contributed by atoms with Crippen LogP contribution in [0.15, 0.2) is 60.8 Å². The Bertz CT molecular complexity index is 952. The first-order chi connectivity index (χ1) is 13.7. The molecule has 1 aromatic heterocycles. The van der Waals surface area contributed by atoms with Crippen molar-refractivity contribution >= 4 is 5.91 Å². The first-order valence-corrected chi connectivity index (χ1v) is 9.50. The van der Waals surface area contributed by atoms with Gasteiger partial charge in [0.1, 0.15) is 5.75 Å². The molecule has 2 heterocycles. The number of nitrogens with one attached hydrogen (secondary N) is 1. The van der Waals surface area contributed by atoms with Crippen molar-refractivity contribution in [3.63, 3.8) is 0 Å². The molecule has 0 unspecified atom stereocenters. The van der Waals surface area contributed by atoms with Crippen LogP contribution in [0.3, 0.4) is 0 Å². The normalized spacial score (nSPS) is 15.1. The van der Waals surface area contributed by atoms with E-state index in [-0.39, 0.29) is 5.91 Å². The average Bonchev–Trinajstić information content (AvgIpc) is 3.05. The Morgan fingerprint density at radius 1 is 1.11 bits per heavy atom. The first-order valence-electron chi connectivity index (χ1n) is 9.50. The predicted octanol–water partition coefficient (Wildman–Crippen LogP) is 2.87. The minimum atomic E-state index is 0.121. The second-order valence-electron chi connectivity index (χ2n) is 6.89. The van der Waals surface area contributed by atoms with Crippen LogP contribution in [0.25, 0.3) is 16.9 Å². The van der Waals surface area contributed by atoms with Crippen molar-refractivity contribution in [2.24, 2.45) is 0 Å². The summed E-state index contributed by atoms with van der Waals surface area (Å²) < 4.78 is 7.32. The maximum absolute atomic E-state index is 11.7. The van der Waals surface area contributed by atoms with E-state index in [1.165, 1.54) is 0 Å². The minimum Gasteiger partial charge on any atom is -0.497 e. The summed E-state index contributed by atoms with van der Waals surface area (Å²) in [6.45, 7) is 3.01. The summed E-state index contributed by atoms with van der Waals surface area (Å²) in [6, 6.07) is 18.1. The SMILES string of the molecule is COc1cccc(-c2nn(-c3ccccc3)cc2CN2CCNC(=O)CC2)c1. The van der Waals surface area contributed by atoms with Gasteiger partial charge in [0.15, 0.2) is 0 Å². The van der Waals surface area contributed by atoms with Gasteiger partial charge in [0.05, 0.1) is 18.5 Å². The number of amides is 1. The van der Waals surface area contributed by atoms with E-state index in [4.69, 9.17) is 9.84 Å². The van der Waals surface area contributed by atoms with Crippen molar-refractivity contribution in [3.05, 3.63) is 66.4 Å². The van der Waals surface area contributed by atoms with Crippen LogP contribution in [0.4, 0.5) is 0 Å². The fourth-order valence-corrected chi connectivity index (χ4v) is 3.46. The third kappa shape index (κ3) is 4.07. The van der Waals surface area contributed by atoms with E-state index in [0.717, 1.165) is 47.9 Å². The lowest BCUT2D eigenvalue weighted by Gasteiger charge is -2.18. The lowest BCUT2D eigenvalue weighted by atomic mass is 10.1. The molecule has 0 saturated carbocycles. The molecule has 6 nitrogen and oxygen atoms in total. The number of carbonyl (C=O) groups excluding carboxylic acids is 1. The molecule has 144 valence electrons.